The smallest absolute Gasteiger partial charge is 0.411 e. The van der Waals surface area contributed by atoms with Gasteiger partial charge in [0.15, 0.2) is 5.78 Å². The average molecular weight is 486 g/mol. The second-order valence-corrected chi connectivity index (χ2v) is 8.72. The summed E-state index contributed by atoms with van der Waals surface area (Å²) in [5, 5.41) is 19.3. The lowest BCUT2D eigenvalue weighted by atomic mass is 10.00. The molecule has 0 radical (unpaired) electrons. The van der Waals surface area contributed by atoms with Crippen LogP contribution in [0.1, 0.15) is 92.9 Å². The normalized spacial score (nSPS) is 12.7. The van der Waals surface area contributed by atoms with Gasteiger partial charge in [-0.2, -0.15) is 0 Å². The van der Waals surface area contributed by atoms with E-state index < -0.39 is 28.8 Å². The third-order valence-corrected chi connectivity index (χ3v) is 5.74. The second kappa shape index (κ2) is 13.4. The molecule has 2 aromatic heterocycles. The molecule has 8 nitrogen and oxygen atoms in total. The Kier molecular flexibility index (Phi) is 10.6. The summed E-state index contributed by atoms with van der Waals surface area (Å²) in [7, 11) is 1.42. The summed E-state index contributed by atoms with van der Waals surface area (Å²) in [6.45, 7) is 5.53. The van der Waals surface area contributed by atoms with E-state index in [-0.39, 0.29) is 17.3 Å². The van der Waals surface area contributed by atoms with E-state index in [1.165, 1.54) is 25.7 Å². The Morgan fingerprint density at radius 3 is 2.57 bits per heavy atom. The van der Waals surface area contributed by atoms with Crippen molar-refractivity contribution in [3.63, 3.8) is 0 Å². The largest absolute Gasteiger partial charge is 0.507 e. The van der Waals surface area contributed by atoms with Crippen molar-refractivity contribution < 1.29 is 28.6 Å². The highest BCUT2D eigenvalue weighted by Gasteiger charge is 2.22. The molecular weight excluding hydrogens is 450 g/mol. The summed E-state index contributed by atoms with van der Waals surface area (Å²) in [6.07, 6.45) is 10.1. The van der Waals surface area contributed by atoms with Crippen LogP contribution in [0.4, 0.5) is 4.79 Å². The first-order valence-electron chi connectivity index (χ1n) is 11.9. The number of amides is 1. The van der Waals surface area contributed by atoms with Crippen LogP contribution in [0.15, 0.2) is 49.7 Å². The standard InChI is InChI=1S/C27H35NO7/c1-5-6-7-8-12-20-13-14-21(34-20)16-19(3)25(30)24-22(29)17-23(35-26(24)31)18(2)11-9-10-15-28(4)27(32)33/h10,13-18,29H,5-9,11-12H2,1-4H3,(H,32,33)/b15-10+,19-16-. The fourth-order valence-corrected chi connectivity index (χ4v) is 3.54. The maximum absolute atomic E-state index is 12.9. The summed E-state index contributed by atoms with van der Waals surface area (Å²) < 4.78 is 11.1. The highest BCUT2D eigenvalue weighted by molar-refractivity contribution is 6.11. The van der Waals surface area contributed by atoms with Crippen LogP contribution >= 0.6 is 0 Å². The fourth-order valence-electron chi connectivity index (χ4n) is 3.54. The molecular formula is C27H35NO7. The predicted octanol–water partition coefficient (Wildman–Crippen LogP) is 6.35. The molecule has 0 aliphatic carbocycles. The van der Waals surface area contributed by atoms with E-state index in [0.717, 1.165) is 36.3 Å². The number of carboxylic acid groups (broad SMARTS) is 1. The molecule has 2 heterocycles. The minimum Gasteiger partial charge on any atom is -0.507 e. The van der Waals surface area contributed by atoms with Crippen molar-refractivity contribution >= 4 is 18.0 Å². The zero-order valence-electron chi connectivity index (χ0n) is 20.9. The average Bonchev–Trinajstić information content (AvgIpc) is 3.25. The van der Waals surface area contributed by atoms with E-state index in [1.54, 1.807) is 25.1 Å². The maximum atomic E-state index is 12.9. The predicted molar refractivity (Wildman–Crippen MR) is 134 cm³/mol. The molecule has 2 aromatic rings. The molecule has 190 valence electrons. The summed E-state index contributed by atoms with van der Waals surface area (Å²) >= 11 is 0. The van der Waals surface area contributed by atoms with Gasteiger partial charge in [0, 0.05) is 37.2 Å². The van der Waals surface area contributed by atoms with Crippen molar-refractivity contribution in [3.8, 4) is 5.75 Å². The van der Waals surface area contributed by atoms with Crippen molar-refractivity contribution in [1.29, 1.82) is 0 Å². The Labute approximate surface area is 205 Å². The maximum Gasteiger partial charge on any atom is 0.411 e. The highest BCUT2D eigenvalue weighted by Crippen LogP contribution is 2.26. The summed E-state index contributed by atoms with van der Waals surface area (Å²) in [5.41, 5.74) is -1.07. The number of carbonyl (C=O) groups excluding carboxylic acids is 1. The number of nitrogens with zero attached hydrogens (tertiary/aromatic N) is 1. The topological polar surface area (TPSA) is 121 Å². The summed E-state index contributed by atoms with van der Waals surface area (Å²) in [5.74, 6) is 0.321. The Balaban J connectivity index is 2.07. The van der Waals surface area contributed by atoms with Gasteiger partial charge in [-0.3, -0.25) is 9.69 Å². The number of ketones is 1. The Morgan fingerprint density at radius 2 is 1.91 bits per heavy atom. The van der Waals surface area contributed by atoms with Crippen LogP contribution in [0.3, 0.4) is 0 Å². The molecule has 8 heteroatoms. The van der Waals surface area contributed by atoms with Crippen molar-refractivity contribution in [2.75, 3.05) is 7.05 Å². The quantitative estimate of drug-likeness (QED) is 0.192. The number of hydrogen-bond donors (Lipinski definition) is 2. The van der Waals surface area contributed by atoms with Crippen molar-refractivity contribution in [1.82, 2.24) is 4.90 Å². The number of aryl methyl sites for hydroxylation is 1. The first-order chi connectivity index (χ1) is 16.6. The van der Waals surface area contributed by atoms with Gasteiger partial charge in [-0.15, -0.1) is 0 Å². The molecule has 0 spiro atoms. The third-order valence-electron chi connectivity index (χ3n) is 5.74. The van der Waals surface area contributed by atoms with Crippen molar-refractivity contribution in [3.05, 3.63) is 69.3 Å². The SMILES string of the molecule is CCCCCCc1ccc(/C=C(/C)C(=O)c2c(O)cc(C(C)CC/C=C/N(C)C(=O)O)oc2=O)o1. The minimum absolute atomic E-state index is 0.229. The van der Waals surface area contributed by atoms with E-state index in [2.05, 4.69) is 6.92 Å². The molecule has 1 amide bonds. The monoisotopic (exact) mass is 485 g/mol. The van der Waals surface area contributed by atoms with Gasteiger partial charge >= 0.3 is 11.7 Å². The number of allylic oxidation sites excluding steroid dienone is 2. The lowest BCUT2D eigenvalue weighted by molar-refractivity contribution is 0.102. The number of unbranched alkanes of at least 4 members (excludes halogenated alkanes) is 3. The van der Waals surface area contributed by atoms with E-state index in [0.29, 0.717) is 18.6 Å². The van der Waals surface area contributed by atoms with Crippen LogP contribution in [-0.4, -0.2) is 34.0 Å². The lowest BCUT2D eigenvalue weighted by Gasteiger charge is -2.11. The van der Waals surface area contributed by atoms with Gasteiger partial charge in [-0.25, -0.2) is 9.59 Å². The second-order valence-electron chi connectivity index (χ2n) is 8.72. The number of aromatic hydroxyl groups is 1. The van der Waals surface area contributed by atoms with E-state index in [9.17, 15) is 19.5 Å². The summed E-state index contributed by atoms with van der Waals surface area (Å²) in [6, 6.07) is 4.95. The van der Waals surface area contributed by atoms with Gasteiger partial charge in [0.05, 0.1) is 0 Å². The molecule has 0 aliphatic rings. The van der Waals surface area contributed by atoms with Crippen molar-refractivity contribution in [2.45, 2.75) is 71.6 Å². The van der Waals surface area contributed by atoms with Gasteiger partial charge in [0.1, 0.15) is 28.6 Å². The number of rotatable bonds is 13. The number of hydrogen-bond acceptors (Lipinski definition) is 6. The first kappa shape index (κ1) is 27.7. The third kappa shape index (κ3) is 8.31. The molecule has 1 atom stereocenters. The Bertz CT molecular complexity index is 1120. The molecule has 2 N–H and O–H groups in total. The minimum atomic E-state index is -1.07. The van der Waals surface area contributed by atoms with Crippen LogP contribution in [0.25, 0.3) is 6.08 Å². The molecule has 35 heavy (non-hydrogen) atoms. The van der Waals surface area contributed by atoms with E-state index in [1.807, 2.05) is 13.0 Å². The first-order valence-corrected chi connectivity index (χ1v) is 11.9. The number of furan rings is 1. The van der Waals surface area contributed by atoms with Gasteiger partial charge in [-0.1, -0.05) is 39.2 Å². The highest BCUT2D eigenvalue weighted by atomic mass is 16.4. The van der Waals surface area contributed by atoms with Gasteiger partial charge in [0.2, 0.25) is 0 Å². The Hall–Kier alpha value is -3.55. The molecule has 0 bridgehead atoms. The van der Waals surface area contributed by atoms with Gasteiger partial charge in [0.25, 0.3) is 0 Å². The van der Waals surface area contributed by atoms with Gasteiger partial charge in [-0.05, 0) is 44.4 Å². The molecule has 0 aromatic carbocycles. The number of Topliss-reactive ketones (excluding diaryl/α,β-unsaturated/α-hetero) is 1. The number of carbonyl (C=O) groups is 2. The van der Waals surface area contributed by atoms with Crippen LogP contribution in [-0.2, 0) is 6.42 Å². The van der Waals surface area contributed by atoms with Crippen molar-refractivity contribution in [2.24, 2.45) is 0 Å². The van der Waals surface area contributed by atoms with Crippen LogP contribution < -0.4 is 5.63 Å². The van der Waals surface area contributed by atoms with Crippen LogP contribution in [0.5, 0.6) is 5.75 Å². The molecule has 0 saturated heterocycles. The van der Waals surface area contributed by atoms with Crippen LogP contribution in [0, 0.1) is 0 Å². The Morgan fingerprint density at radius 1 is 1.17 bits per heavy atom. The zero-order valence-corrected chi connectivity index (χ0v) is 20.9. The van der Waals surface area contributed by atoms with E-state index in [4.69, 9.17) is 13.9 Å². The van der Waals surface area contributed by atoms with E-state index >= 15 is 0 Å². The van der Waals surface area contributed by atoms with Crippen LogP contribution in [0.2, 0.25) is 0 Å². The molecule has 2 rings (SSSR count). The molecule has 0 fully saturated rings. The fraction of sp³-hybridized carbons (Fsp3) is 0.444. The molecule has 0 aliphatic heterocycles. The lowest BCUT2D eigenvalue weighted by Crippen LogP contribution is -2.17. The van der Waals surface area contributed by atoms with Gasteiger partial charge < -0.3 is 19.0 Å². The molecule has 1 unspecified atom stereocenters. The zero-order chi connectivity index (χ0) is 26.0. The summed E-state index contributed by atoms with van der Waals surface area (Å²) in [4.78, 5) is 37.2. The molecule has 0 saturated carbocycles.